The van der Waals surface area contributed by atoms with Gasteiger partial charge in [-0.1, -0.05) is 67.8 Å². The number of aryl methyl sites for hydroxylation is 1. The zero-order valence-electron chi connectivity index (χ0n) is 18.1. The summed E-state index contributed by atoms with van der Waals surface area (Å²) in [5, 5.41) is 8.54. The zero-order chi connectivity index (χ0) is 23.1. The molecule has 168 valence electrons. The molecule has 1 N–H and O–H groups in total. The summed E-state index contributed by atoms with van der Waals surface area (Å²) < 4.78 is 6.14. The van der Waals surface area contributed by atoms with Gasteiger partial charge in [0.05, 0.1) is 25.0 Å². The first-order valence-corrected chi connectivity index (χ1v) is 11.0. The molecule has 0 bridgehead atoms. The van der Waals surface area contributed by atoms with Gasteiger partial charge in [-0.25, -0.2) is 4.68 Å². The van der Waals surface area contributed by atoms with Crippen molar-refractivity contribution < 1.29 is 14.3 Å². The molecule has 1 aromatic heterocycles. The number of aromatic nitrogens is 2. The standard InChI is InChI=1S/C24H26ClN3O4/c1-3-4-9-14-28-24(31)17-11-6-5-10-16(17)22(27-28)23(30)26-20(15-21(29)32-2)18-12-7-8-13-19(18)25/h5-8,10-13,20H,3-4,9,14-15H2,1-2H3,(H,26,30). The monoisotopic (exact) mass is 455 g/mol. The molecule has 0 aliphatic rings. The Kier molecular flexibility index (Phi) is 8.00. The first-order valence-electron chi connectivity index (χ1n) is 10.6. The molecular formula is C24H26ClN3O4. The highest BCUT2D eigenvalue weighted by Crippen LogP contribution is 2.26. The molecule has 3 rings (SSSR count). The highest BCUT2D eigenvalue weighted by molar-refractivity contribution is 6.31. The Morgan fingerprint density at radius 2 is 1.78 bits per heavy atom. The highest BCUT2D eigenvalue weighted by Gasteiger charge is 2.24. The minimum absolute atomic E-state index is 0.0972. The number of amides is 1. The van der Waals surface area contributed by atoms with Crippen LogP contribution in [0.15, 0.2) is 53.3 Å². The van der Waals surface area contributed by atoms with E-state index in [9.17, 15) is 14.4 Å². The van der Waals surface area contributed by atoms with Gasteiger partial charge in [0.2, 0.25) is 0 Å². The Morgan fingerprint density at radius 1 is 1.09 bits per heavy atom. The van der Waals surface area contributed by atoms with Crippen molar-refractivity contribution in [3.63, 3.8) is 0 Å². The van der Waals surface area contributed by atoms with E-state index in [0.717, 1.165) is 19.3 Å². The van der Waals surface area contributed by atoms with Crippen LogP contribution in [0, 0.1) is 0 Å². The van der Waals surface area contributed by atoms with Crippen LogP contribution in [0.2, 0.25) is 5.02 Å². The molecular weight excluding hydrogens is 430 g/mol. The number of fused-ring (bicyclic) bond motifs is 1. The van der Waals surface area contributed by atoms with Crippen LogP contribution in [0.1, 0.15) is 54.7 Å². The third-order valence-electron chi connectivity index (χ3n) is 5.24. The van der Waals surface area contributed by atoms with Crippen molar-refractivity contribution in [1.82, 2.24) is 15.1 Å². The van der Waals surface area contributed by atoms with Gasteiger partial charge in [0, 0.05) is 17.0 Å². The van der Waals surface area contributed by atoms with Gasteiger partial charge in [-0.15, -0.1) is 0 Å². The van der Waals surface area contributed by atoms with E-state index >= 15 is 0 Å². The molecule has 1 amide bonds. The summed E-state index contributed by atoms with van der Waals surface area (Å²) in [7, 11) is 1.29. The number of carbonyl (C=O) groups excluding carboxylic acids is 2. The largest absolute Gasteiger partial charge is 0.469 e. The number of rotatable bonds is 9. The van der Waals surface area contributed by atoms with E-state index in [1.807, 2.05) is 0 Å². The molecule has 8 heteroatoms. The predicted octanol–water partition coefficient (Wildman–Crippen LogP) is 4.27. The van der Waals surface area contributed by atoms with Crippen LogP contribution in [0.3, 0.4) is 0 Å². The molecule has 0 fully saturated rings. The Bertz CT molecular complexity index is 1180. The number of hydrogen-bond donors (Lipinski definition) is 1. The molecule has 0 radical (unpaired) electrons. The van der Waals surface area contributed by atoms with E-state index < -0.39 is 17.9 Å². The van der Waals surface area contributed by atoms with E-state index in [0.29, 0.717) is 27.9 Å². The summed E-state index contributed by atoms with van der Waals surface area (Å²) in [6.07, 6.45) is 2.65. The number of esters is 1. The number of methoxy groups -OCH3 is 1. The molecule has 0 aliphatic heterocycles. The minimum Gasteiger partial charge on any atom is -0.469 e. The molecule has 0 saturated heterocycles. The number of nitrogens with one attached hydrogen (secondary N) is 1. The van der Waals surface area contributed by atoms with Crippen LogP contribution in [0.5, 0.6) is 0 Å². The van der Waals surface area contributed by atoms with Gasteiger partial charge in [0.25, 0.3) is 11.5 Å². The maximum atomic E-state index is 13.3. The summed E-state index contributed by atoms with van der Waals surface area (Å²) in [5.41, 5.74) is 0.484. The number of nitrogens with zero attached hydrogens (tertiary/aromatic N) is 2. The van der Waals surface area contributed by atoms with Crippen molar-refractivity contribution >= 4 is 34.2 Å². The maximum Gasteiger partial charge on any atom is 0.307 e. The summed E-state index contributed by atoms with van der Waals surface area (Å²) in [6.45, 7) is 2.50. The lowest BCUT2D eigenvalue weighted by molar-refractivity contribution is -0.141. The van der Waals surface area contributed by atoms with Crippen LogP contribution in [0.25, 0.3) is 10.8 Å². The van der Waals surface area contributed by atoms with Gasteiger partial charge in [-0.05, 0) is 24.1 Å². The van der Waals surface area contributed by atoms with Gasteiger partial charge in [-0.2, -0.15) is 5.10 Å². The fourth-order valence-corrected chi connectivity index (χ4v) is 3.81. The maximum absolute atomic E-state index is 13.3. The average Bonchev–Trinajstić information content (AvgIpc) is 2.80. The average molecular weight is 456 g/mol. The number of halogens is 1. The Balaban J connectivity index is 2.01. The van der Waals surface area contributed by atoms with Gasteiger partial charge in [0.15, 0.2) is 5.69 Å². The quantitative estimate of drug-likeness (QED) is 0.384. The second-order valence-corrected chi connectivity index (χ2v) is 7.86. The van der Waals surface area contributed by atoms with Crippen LogP contribution in [-0.2, 0) is 16.1 Å². The van der Waals surface area contributed by atoms with Gasteiger partial charge >= 0.3 is 5.97 Å². The minimum atomic E-state index is -0.718. The van der Waals surface area contributed by atoms with Crippen LogP contribution in [0.4, 0.5) is 0 Å². The lowest BCUT2D eigenvalue weighted by atomic mass is 10.0. The second-order valence-electron chi connectivity index (χ2n) is 7.46. The SMILES string of the molecule is CCCCCn1nc(C(=O)NC(CC(=O)OC)c2ccccc2Cl)c2ccccc2c1=O. The lowest BCUT2D eigenvalue weighted by Gasteiger charge is -2.20. The number of carbonyl (C=O) groups is 2. The number of ether oxygens (including phenoxy) is 1. The van der Waals surface area contributed by atoms with Crippen LogP contribution >= 0.6 is 11.6 Å². The van der Waals surface area contributed by atoms with E-state index in [2.05, 4.69) is 17.3 Å². The molecule has 1 unspecified atom stereocenters. The molecule has 0 spiro atoms. The summed E-state index contributed by atoms with van der Waals surface area (Å²) >= 11 is 6.32. The summed E-state index contributed by atoms with van der Waals surface area (Å²) in [5.74, 6) is -0.989. The van der Waals surface area contributed by atoms with E-state index in [1.54, 1.807) is 48.5 Å². The number of benzene rings is 2. The van der Waals surface area contributed by atoms with E-state index in [1.165, 1.54) is 11.8 Å². The van der Waals surface area contributed by atoms with Crippen molar-refractivity contribution in [3.05, 3.63) is 75.2 Å². The smallest absolute Gasteiger partial charge is 0.307 e. The van der Waals surface area contributed by atoms with Crippen molar-refractivity contribution in [2.24, 2.45) is 0 Å². The zero-order valence-corrected chi connectivity index (χ0v) is 18.9. The molecule has 1 heterocycles. The van der Waals surface area contributed by atoms with Crippen LogP contribution < -0.4 is 10.9 Å². The lowest BCUT2D eigenvalue weighted by Crippen LogP contribution is -2.34. The molecule has 3 aromatic rings. The third kappa shape index (κ3) is 5.34. The second kappa shape index (κ2) is 10.9. The van der Waals surface area contributed by atoms with Crippen molar-refractivity contribution in [1.29, 1.82) is 0 Å². The van der Waals surface area contributed by atoms with Gasteiger partial charge in [0.1, 0.15) is 0 Å². The predicted molar refractivity (Wildman–Crippen MR) is 124 cm³/mol. The molecule has 7 nitrogen and oxygen atoms in total. The van der Waals surface area contributed by atoms with E-state index in [-0.39, 0.29) is 17.7 Å². The Hall–Kier alpha value is -3.19. The topological polar surface area (TPSA) is 90.3 Å². The number of hydrogen-bond acceptors (Lipinski definition) is 5. The molecule has 32 heavy (non-hydrogen) atoms. The normalized spacial score (nSPS) is 11.8. The first kappa shape index (κ1) is 23.5. The van der Waals surface area contributed by atoms with E-state index in [4.69, 9.17) is 16.3 Å². The van der Waals surface area contributed by atoms with Crippen molar-refractivity contribution in [2.75, 3.05) is 7.11 Å². The van der Waals surface area contributed by atoms with Gasteiger partial charge in [-0.3, -0.25) is 14.4 Å². The third-order valence-corrected chi connectivity index (χ3v) is 5.58. The molecule has 0 saturated carbocycles. The van der Waals surface area contributed by atoms with Crippen molar-refractivity contribution in [3.8, 4) is 0 Å². The Labute approximate surface area is 191 Å². The fourth-order valence-electron chi connectivity index (χ4n) is 3.54. The summed E-state index contributed by atoms with van der Waals surface area (Å²) in [4.78, 5) is 38.2. The summed E-state index contributed by atoms with van der Waals surface area (Å²) in [6, 6.07) is 13.1. The first-order chi connectivity index (χ1) is 15.5. The Morgan fingerprint density at radius 3 is 2.47 bits per heavy atom. The number of unbranched alkanes of at least 4 members (excludes halogenated alkanes) is 2. The van der Waals surface area contributed by atoms with Gasteiger partial charge < -0.3 is 10.1 Å². The molecule has 2 aromatic carbocycles. The fraction of sp³-hybridized carbons (Fsp3) is 0.333. The molecule has 0 aliphatic carbocycles. The molecule has 1 atom stereocenters. The van der Waals surface area contributed by atoms with Crippen LogP contribution in [-0.4, -0.2) is 28.8 Å². The van der Waals surface area contributed by atoms with Crippen molar-refractivity contribution in [2.45, 2.75) is 45.2 Å². The highest BCUT2D eigenvalue weighted by atomic mass is 35.5.